The van der Waals surface area contributed by atoms with Gasteiger partial charge in [0.25, 0.3) is 0 Å². The molecule has 1 aromatic carbocycles. The number of nitrogens with zero attached hydrogens (tertiary/aromatic N) is 1. The van der Waals surface area contributed by atoms with Gasteiger partial charge in [-0.3, -0.25) is 0 Å². The molecule has 0 bridgehead atoms. The van der Waals surface area contributed by atoms with Crippen LogP contribution in [0.3, 0.4) is 0 Å². The van der Waals surface area contributed by atoms with Gasteiger partial charge in [-0.05, 0) is 26.0 Å². The van der Waals surface area contributed by atoms with Crippen LogP contribution in [0.2, 0.25) is 0 Å². The molecule has 1 unspecified atom stereocenters. The zero-order chi connectivity index (χ0) is 12.8. The third kappa shape index (κ3) is 3.60. The molecule has 0 amide bonds. The first kappa shape index (κ1) is 12.6. The molecule has 1 atom stereocenters. The minimum Gasteiger partial charge on any atom is -0.492 e. The summed E-state index contributed by atoms with van der Waals surface area (Å²) >= 11 is 0. The van der Waals surface area contributed by atoms with E-state index in [0.717, 1.165) is 18.1 Å². The molecule has 0 aliphatic rings. The van der Waals surface area contributed by atoms with Crippen LogP contribution < -0.4 is 10.1 Å². The highest BCUT2D eigenvalue weighted by molar-refractivity contribution is 5.20. The summed E-state index contributed by atoms with van der Waals surface area (Å²) in [6.45, 7) is 5.28. The SMILES string of the molecule is Cc1cnc(C(C)NCCOc2ccccc2)o1. The van der Waals surface area contributed by atoms with Gasteiger partial charge in [-0.15, -0.1) is 0 Å². The lowest BCUT2D eigenvalue weighted by Gasteiger charge is -2.11. The fraction of sp³-hybridized carbons (Fsp3) is 0.357. The third-order valence-corrected chi connectivity index (χ3v) is 2.57. The van der Waals surface area contributed by atoms with Crippen molar-refractivity contribution < 1.29 is 9.15 Å². The zero-order valence-corrected chi connectivity index (χ0v) is 10.7. The molecule has 2 rings (SSSR count). The predicted molar refractivity (Wildman–Crippen MR) is 69.6 cm³/mol. The van der Waals surface area contributed by atoms with E-state index >= 15 is 0 Å². The van der Waals surface area contributed by atoms with Crippen molar-refractivity contribution in [1.82, 2.24) is 10.3 Å². The van der Waals surface area contributed by atoms with Gasteiger partial charge in [0, 0.05) is 6.54 Å². The molecule has 0 saturated carbocycles. The van der Waals surface area contributed by atoms with Gasteiger partial charge < -0.3 is 14.5 Å². The molecule has 96 valence electrons. The van der Waals surface area contributed by atoms with Crippen LogP contribution in [0.15, 0.2) is 40.9 Å². The van der Waals surface area contributed by atoms with Gasteiger partial charge >= 0.3 is 0 Å². The van der Waals surface area contributed by atoms with E-state index in [0.29, 0.717) is 12.5 Å². The minimum atomic E-state index is 0.0954. The normalized spacial score (nSPS) is 12.3. The number of ether oxygens (including phenoxy) is 1. The second-order valence-corrected chi connectivity index (χ2v) is 4.15. The molecule has 1 N–H and O–H groups in total. The third-order valence-electron chi connectivity index (χ3n) is 2.57. The van der Waals surface area contributed by atoms with Crippen molar-refractivity contribution in [2.45, 2.75) is 19.9 Å². The molecule has 18 heavy (non-hydrogen) atoms. The first-order valence-corrected chi connectivity index (χ1v) is 6.09. The van der Waals surface area contributed by atoms with E-state index in [4.69, 9.17) is 9.15 Å². The maximum absolute atomic E-state index is 5.58. The number of para-hydroxylation sites is 1. The Bertz CT molecular complexity index is 468. The van der Waals surface area contributed by atoms with E-state index < -0.39 is 0 Å². The molecule has 2 aromatic rings. The van der Waals surface area contributed by atoms with Crippen molar-refractivity contribution in [3.05, 3.63) is 48.2 Å². The Hall–Kier alpha value is -1.81. The van der Waals surface area contributed by atoms with Crippen LogP contribution in [0.4, 0.5) is 0 Å². The second kappa shape index (κ2) is 6.21. The summed E-state index contributed by atoms with van der Waals surface area (Å²) < 4.78 is 11.0. The second-order valence-electron chi connectivity index (χ2n) is 4.15. The van der Waals surface area contributed by atoms with Gasteiger partial charge in [-0.1, -0.05) is 18.2 Å². The number of aryl methyl sites for hydroxylation is 1. The highest BCUT2D eigenvalue weighted by Crippen LogP contribution is 2.11. The van der Waals surface area contributed by atoms with Gasteiger partial charge in [-0.2, -0.15) is 0 Å². The lowest BCUT2D eigenvalue weighted by Crippen LogP contribution is -2.24. The maximum atomic E-state index is 5.58. The minimum absolute atomic E-state index is 0.0954. The van der Waals surface area contributed by atoms with E-state index in [-0.39, 0.29) is 6.04 Å². The standard InChI is InChI=1S/C14H18N2O2/c1-11-10-16-14(18-11)12(2)15-8-9-17-13-6-4-3-5-7-13/h3-7,10,12,15H,8-9H2,1-2H3. The summed E-state index contributed by atoms with van der Waals surface area (Å²) in [5.41, 5.74) is 0. The van der Waals surface area contributed by atoms with Crippen LogP contribution in [-0.2, 0) is 0 Å². The van der Waals surface area contributed by atoms with Crippen molar-refractivity contribution in [2.75, 3.05) is 13.2 Å². The average Bonchev–Trinajstić information content (AvgIpc) is 2.82. The fourth-order valence-electron chi connectivity index (χ4n) is 1.62. The van der Waals surface area contributed by atoms with E-state index in [2.05, 4.69) is 10.3 Å². The fourth-order valence-corrected chi connectivity index (χ4v) is 1.62. The molecule has 0 radical (unpaired) electrons. The van der Waals surface area contributed by atoms with Crippen molar-refractivity contribution in [1.29, 1.82) is 0 Å². The van der Waals surface area contributed by atoms with E-state index in [1.807, 2.05) is 44.2 Å². The summed E-state index contributed by atoms with van der Waals surface area (Å²) in [4.78, 5) is 4.18. The van der Waals surface area contributed by atoms with Crippen molar-refractivity contribution in [2.24, 2.45) is 0 Å². The van der Waals surface area contributed by atoms with Crippen molar-refractivity contribution in [3.8, 4) is 5.75 Å². The molecule has 1 aromatic heterocycles. The molecule has 0 aliphatic heterocycles. The molecule has 1 heterocycles. The highest BCUT2D eigenvalue weighted by atomic mass is 16.5. The first-order chi connectivity index (χ1) is 8.75. The molecule has 0 saturated heterocycles. The number of aromatic nitrogens is 1. The smallest absolute Gasteiger partial charge is 0.211 e. The monoisotopic (exact) mass is 246 g/mol. The number of oxazole rings is 1. The van der Waals surface area contributed by atoms with E-state index in [1.54, 1.807) is 6.20 Å². The van der Waals surface area contributed by atoms with Gasteiger partial charge in [0.15, 0.2) is 0 Å². The zero-order valence-electron chi connectivity index (χ0n) is 10.7. The van der Waals surface area contributed by atoms with Gasteiger partial charge in [0.05, 0.1) is 12.2 Å². The lowest BCUT2D eigenvalue weighted by atomic mass is 10.3. The summed E-state index contributed by atoms with van der Waals surface area (Å²) in [7, 11) is 0. The number of hydrogen-bond acceptors (Lipinski definition) is 4. The maximum Gasteiger partial charge on any atom is 0.211 e. The number of benzene rings is 1. The van der Waals surface area contributed by atoms with Gasteiger partial charge in [0.2, 0.25) is 5.89 Å². The summed E-state index contributed by atoms with van der Waals surface area (Å²) in [6, 6.07) is 9.87. The van der Waals surface area contributed by atoms with Gasteiger partial charge in [-0.25, -0.2) is 4.98 Å². The van der Waals surface area contributed by atoms with Crippen molar-refractivity contribution >= 4 is 0 Å². The van der Waals surface area contributed by atoms with Crippen LogP contribution in [0, 0.1) is 6.92 Å². The molecule has 0 fully saturated rings. The predicted octanol–water partition coefficient (Wildman–Crippen LogP) is 2.71. The summed E-state index contributed by atoms with van der Waals surface area (Å²) in [5.74, 6) is 2.44. The van der Waals surface area contributed by atoms with Crippen LogP contribution in [0.25, 0.3) is 0 Å². The highest BCUT2D eigenvalue weighted by Gasteiger charge is 2.09. The largest absolute Gasteiger partial charge is 0.492 e. The Balaban J connectivity index is 1.69. The van der Waals surface area contributed by atoms with Crippen molar-refractivity contribution in [3.63, 3.8) is 0 Å². The summed E-state index contributed by atoms with van der Waals surface area (Å²) in [6.07, 6.45) is 1.73. The van der Waals surface area contributed by atoms with Crippen LogP contribution in [0.1, 0.15) is 24.6 Å². The number of hydrogen-bond donors (Lipinski definition) is 1. The van der Waals surface area contributed by atoms with E-state index in [1.165, 1.54) is 0 Å². The first-order valence-electron chi connectivity index (χ1n) is 6.09. The van der Waals surface area contributed by atoms with E-state index in [9.17, 15) is 0 Å². The quantitative estimate of drug-likeness (QED) is 0.796. The molecule has 4 heteroatoms. The molecule has 0 spiro atoms. The van der Waals surface area contributed by atoms with Gasteiger partial charge in [0.1, 0.15) is 18.1 Å². The molecule has 4 nitrogen and oxygen atoms in total. The lowest BCUT2D eigenvalue weighted by molar-refractivity contribution is 0.299. The Morgan fingerprint density at radius 1 is 1.33 bits per heavy atom. The Kier molecular flexibility index (Phi) is 4.36. The van der Waals surface area contributed by atoms with Crippen LogP contribution >= 0.6 is 0 Å². The molecule has 0 aliphatic carbocycles. The topological polar surface area (TPSA) is 47.3 Å². The van der Waals surface area contributed by atoms with Crippen LogP contribution in [-0.4, -0.2) is 18.1 Å². The number of rotatable bonds is 6. The molecular weight excluding hydrogens is 228 g/mol. The number of nitrogens with one attached hydrogen (secondary N) is 1. The Labute approximate surface area is 107 Å². The summed E-state index contributed by atoms with van der Waals surface area (Å²) in [5, 5.41) is 3.30. The Morgan fingerprint density at radius 2 is 2.11 bits per heavy atom. The average molecular weight is 246 g/mol. The Morgan fingerprint density at radius 3 is 2.78 bits per heavy atom. The van der Waals surface area contributed by atoms with Crippen LogP contribution in [0.5, 0.6) is 5.75 Å². The molecular formula is C14H18N2O2.